The van der Waals surface area contributed by atoms with Crippen molar-refractivity contribution in [2.24, 2.45) is 0 Å². The molecule has 3 rings (SSSR count). The lowest BCUT2D eigenvalue weighted by Gasteiger charge is -2.47. The van der Waals surface area contributed by atoms with E-state index in [1.54, 1.807) is 7.11 Å². The zero-order valence-electron chi connectivity index (χ0n) is 13.4. The number of hydrogen-bond acceptors (Lipinski definition) is 3. The number of hydrogen-bond donors (Lipinski definition) is 1. The van der Waals surface area contributed by atoms with E-state index in [9.17, 15) is 5.11 Å². The molecule has 1 aliphatic heterocycles. The fourth-order valence-electron chi connectivity index (χ4n) is 4.28. The molecular formula is C18H27NO2. The van der Waals surface area contributed by atoms with Gasteiger partial charge in [0.15, 0.2) is 0 Å². The molecule has 4 atom stereocenters. The number of aryl methyl sites for hydroxylation is 1. The van der Waals surface area contributed by atoms with Gasteiger partial charge < -0.3 is 9.84 Å². The molecule has 1 aliphatic carbocycles. The number of ether oxygens (including phenoxy) is 1. The lowest BCUT2D eigenvalue weighted by Crippen LogP contribution is -2.53. The van der Waals surface area contributed by atoms with Crippen LogP contribution in [0.2, 0.25) is 0 Å². The molecule has 1 fully saturated rings. The van der Waals surface area contributed by atoms with Crippen molar-refractivity contribution in [2.45, 2.75) is 70.2 Å². The van der Waals surface area contributed by atoms with Gasteiger partial charge in [0.05, 0.1) is 13.2 Å². The summed E-state index contributed by atoms with van der Waals surface area (Å²) in [6.07, 6.45) is 5.52. The van der Waals surface area contributed by atoms with Gasteiger partial charge in [0.25, 0.3) is 0 Å². The minimum atomic E-state index is -0.396. The van der Waals surface area contributed by atoms with Gasteiger partial charge in [-0.25, -0.2) is 0 Å². The van der Waals surface area contributed by atoms with Crippen LogP contribution in [-0.2, 0) is 6.42 Å². The summed E-state index contributed by atoms with van der Waals surface area (Å²) in [6.45, 7) is 4.62. The van der Waals surface area contributed by atoms with Gasteiger partial charge in [-0.05, 0) is 62.8 Å². The monoisotopic (exact) mass is 289 g/mol. The molecule has 1 heterocycles. The third-order valence-corrected chi connectivity index (χ3v) is 5.39. The Labute approximate surface area is 127 Å². The van der Waals surface area contributed by atoms with E-state index in [-0.39, 0.29) is 6.04 Å². The first-order valence-corrected chi connectivity index (χ1v) is 8.24. The van der Waals surface area contributed by atoms with Crippen molar-refractivity contribution in [1.29, 1.82) is 0 Å². The molecule has 0 saturated carbocycles. The lowest BCUT2D eigenvalue weighted by molar-refractivity contribution is -0.0251. The average Bonchev–Trinajstić information content (AvgIpc) is 2.49. The Morgan fingerprint density at radius 3 is 2.52 bits per heavy atom. The molecule has 1 N–H and O–H groups in total. The Kier molecular flexibility index (Phi) is 4.23. The molecule has 4 unspecified atom stereocenters. The standard InChI is InChI=1S/C18H27NO2/c1-12-5-4-6-13(2)19(12)17-10-8-14-7-9-15(21-3)11-16(14)18(17)20/h7,9,11-13,17-18,20H,4-6,8,10H2,1-3H3. The molecule has 21 heavy (non-hydrogen) atoms. The van der Waals surface area contributed by atoms with Crippen LogP contribution in [-0.4, -0.2) is 35.2 Å². The number of likely N-dealkylation sites (tertiary alicyclic amines) is 1. The summed E-state index contributed by atoms with van der Waals surface area (Å²) in [4.78, 5) is 2.57. The van der Waals surface area contributed by atoms with Gasteiger partial charge in [-0.15, -0.1) is 0 Å². The van der Waals surface area contributed by atoms with Crippen LogP contribution in [0.3, 0.4) is 0 Å². The second-order valence-electron chi connectivity index (χ2n) is 6.69. The lowest BCUT2D eigenvalue weighted by atomic mass is 9.82. The predicted octanol–water partition coefficient (Wildman–Crippen LogP) is 3.31. The van der Waals surface area contributed by atoms with Crippen molar-refractivity contribution >= 4 is 0 Å². The smallest absolute Gasteiger partial charge is 0.119 e. The van der Waals surface area contributed by atoms with Gasteiger partial charge in [0, 0.05) is 18.1 Å². The number of methoxy groups -OCH3 is 1. The largest absolute Gasteiger partial charge is 0.497 e. The Morgan fingerprint density at radius 2 is 1.86 bits per heavy atom. The Hall–Kier alpha value is -1.06. The van der Waals surface area contributed by atoms with E-state index in [0.717, 1.165) is 24.2 Å². The fourth-order valence-corrected chi connectivity index (χ4v) is 4.28. The van der Waals surface area contributed by atoms with Crippen LogP contribution in [0.1, 0.15) is 56.8 Å². The van der Waals surface area contributed by atoms with E-state index in [1.165, 1.54) is 24.8 Å². The van der Waals surface area contributed by atoms with Crippen molar-refractivity contribution in [3.05, 3.63) is 29.3 Å². The van der Waals surface area contributed by atoms with Crippen molar-refractivity contribution in [1.82, 2.24) is 4.90 Å². The van der Waals surface area contributed by atoms with Crippen LogP contribution < -0.4 is 4.74 Å². The molecule has 0 spiro atoms. The number of nitrogens with zero attached hydrogens (tertiary/aromatic N) is 1. The first-order chi connectivity index (χ1) is 10.1. The topological polar surface area (TPSA) is 32.7 Å². The summed E-state index contributed by atoms with van der Waals surface area (Å²) >= 11 is 0. The minimum absolute atomic E-state index is 0.245. The normalized spacial score (nSPS) is 33.5. The molecule has 2 aliphatic rings. The van der Waals surface area contributed by atoms with Crippen LogP contribution in [0, 0.1) is 0 Å². The third-order valence-electron chi connectivity index (χ3n) is 5.39. The minimum Gasteiger partial charge on any atom is -0.497 e. The Morgan fingerprint density at radius 1 is 1.14 bits per heavy atom. The van der Waals surface area contributed by atoms with Crippen LogP contribution >= 0.6 is 0 Å². The highest BCUT2D eigenvalue weighted by Crippen LogP contribution is 2.38. The summed E-state index contributed by atoms with van der Waals surface area (Å²) in [5.74, 6) is 0.841. The van der Waals surface area contributed by atoms with E-state index in [2.05, 4.69) is 24.8 Å². The molecule has 1 aromatic rings. The van der Waals surface area contributed by atoms with Gasteiger partial charge in [0.2, 0.25) is 0 Å². The molecule has 1 saturated heterocycles. The molecule has 0 amide bonds. The molecule has 0 aromatic heterocycles. The van der Waals surface area contributed by atoms with E-state index >= 15 is 0 Å². The van der Waals surface area contributed by atoms with Crippen molar-refractivity contribution in [3.8, 4) is 5.75 Å². The van der Waals surface area contributed by atoms with E-state index < -0.39 is 6.10 Å². The van der Waals surface area contributed by atoms with E-state index in [1.807, 2.05) is 12.1 Å². The molecule has 3 heteroatoms. The third kappa shape index (κ3) is 2.69. The number of aliphatic hydroxyl groups excluding tert-OH is 1. The zero-order chi connectivity index (χ0) is 15.0. The van der Waals surface area contributed by atoms with Crippen molar-refractivity contribution in [2.75, 3.05) is 7.11 Å². The number of rotatable bonds is 2. The second kappa shape index (κ2) is 5.98. The quantitative estimate of drug-likeness (QED) is 0.906. The van der Waals surface area contributed by atoms with Crippen LogP contribution in [0.5, 0.6) is 5.75 Å². The first-order valence-electron chi connectivity index (χ1n) is 8.24. The summed E-state index contributed by atoms with van der Waals surface area (Å²) in [5, 5.41) is 10.9. The molecule has 3 nitrogen and oxygen atoms in total. The van der Waals surface area contributed by atoms with Crippen LogP contribution in [0.25, 0.3) is 0 Å². The molecule has 0 bridgehead atoms. The predicted molar refractivity (Wildman–Crippen MR) is 84.7 cm³/mol. The second-order valence-corrected chi connectivity index (χ2v) is 6.69. The fraction of sp³-hybridized carbons (Fsp3) is 0.667. The van der Waals surface area contributed by atoms with Gasteiger partial charge in [-0.3, -0.25) is 4.90 Å². The van der Waals surface area contributed by atoms with Crippen LogP contribution in [0.4, 0.5) is 0 Å². The van der Waals surface area contributed by atoms with Crippen molar-refractivity contribution in [3.63, 3.8) is 0 Å². The summed E-state index contributed by atoms with van der Waals surface area (Å²) < 4.78 is 5.33. The molecule has 1 aromatic carbocycles. The maximum Gasteiger partial charge on any atom is 0.119 e. The van der Waals surface area contributed by atoms with Gasteiger partial charge >= 0.3 is 0 Å². The number of benzene rings is 1. The number of fused-ring (bicyclic) bond motifs is 1. The Bertz CT molecular complexity index is 492. The summed E-state index contributed by atoms with van der Waals surface area (Å²) in [6, 6.07) is 7.51. The van der Waals surface area contributed by atoms with Gasteiger partial charge in [-0.1, -0.05) is 12.5 Å². The number of piperidine rings is 1. The summed E-state index contributed by atoms with van der Waals surface area (Å²) in [5.41, 5.74) is 2.34. The molecular weight excluding hydrogens is 262 g/mol. The highest BCUT2D eigenvalue weighted by Gasteiger charge is 2.38. The van der Waals surface area contributed by atoms with Crippen LogP contribution in [0.15, 0.2) is 18.2 Å². The van der Waals surface area contributed by atoms with Gasteiger partial charge in [0.1, 0.15) is 5.75 Å². The highest BCUT2D eigenvalue weighted by atomic mass is 16.5. The number of aliphatic hydroxyl groups is 1. The zero-order valence-corrected chi connectivity index (χ0v) is 13.4. The summed E-state index contributed by atoms with van der Waals surface area (Å²) in [7, 11) is 1.68. The first kappa shape index (κ1) is 14.9. The van der Waals surface area contributed by atoms with E-state index in [0.29, 0.717) is 12.1 Å². The highest BCUT2D eigenvalue weighted by molar-refractivity contribution is 5.39. The van der Waals surface area contributed by atoms with E-state index in [4.69, 9.17) is 4.74 Å². The molecule has 0 radical (unpaired) electrons. The molecule has 116 valence electrons. The maximum absolute atomic E-state index is 10.9. The van der Waals surface area contributed by atoms with Crippen molar-refractivity contribution < 1.29 is 9.84 Å². The average molecular weight is 289 g/mol. The maximum atomic E-state index is 10.9. The SMILES string of the molecule is COc1ccc2c(c1)C(O)C(N1C(C)CCCC1C)CC2. The Balaban J connectivity index is 1.88. The van der Waals surface area contributed by atoms with Gasteiger partial charge in [-0.2, -0.15) is 0 Å².